The minimum Gasteiger partial charge on any atom is -0.383 e. The number of aryl methyl sites for hydroxylation is 2. The Bertz CT molecular complexity index is 1970. The third kappa shape index (κ3) is 8.62. The third-order valence-corrected chi connectivity index (χ3v) is 7.55. The molecule has 5 N–H and O–H groups in total. The van der Waals surface area contributed by atoms with Crippen molar-refractivity contribution < 1.29 is 19.1 Å². The van der Waals surface area contributed by atoms with Crippen LogP contribution in [0.2, 0.25) is 0 Å². The van der Waals surface area contributed by atoms with Crippen molar-refractivity contribution in [2.45, 2.75) is 6.42 Å². The van der Waals surface area contributed by atoms with Crippen molar-refractivity contribution in [1.82, 2.24) is 24.8 Å². The van der Waals surface area contributed by atoms with Gasteiger partial charge in [-0.25, -0.2) is 0 Å². The molecule has 5 rings (SSSR count). The lowest BCUT2D eigenvalue weighted by molar-refractivity contribution is 0.0944. The van der Waals surface area contributed by atoms with E-state index >= 15 is 0 Å². The molecular formula is C36H38N8O4. The van der Waals surface area contributed by atoms with E-state index in [1.54, 1.807) is 67.0 Å². The quantitative estimate of drug-likeness (QED) is 0.0695. The fraction of sp³-hybridized carbons (Fsp3) is 0.194. The summed E-state index contributed by atoms with van der Waals surface area (Å²) in [7, 11) is 5.01. The van der Waals surface area contributed by atoms with Crippen molar-refractivity contribution in [1.29, 1.82) is 5.41 Å². The number of nitrogens with zero attached hydrogens (tertiary/aromatic N) is 3. The van der Waals surface area contributed by atoms with Gasteiger partial charge in [-0.3, -0.25) is 24.8 Å². The minimum atomic E-state index is -0.399. The molecule has 0 saturated heterocycles. The highest BCUT2D eigenvalue weighted by atomic mass is 16.5. The molecule has 0 saturated carbocycles. The lowest BCUT2D eigenvalue weighted by Crippen LogP contribution is -2.32. The number of ether oxygens (including phenoxy) is 1. The Morgan fingerprint density at radius 1 is 0.792 bits per heavy atom. The van der Waals surface area contributed by atoms with Crippen LogP contribution in [-0.2, 0) is 18.8 Å². The molecule has 246 valence electrons. The van der Waals surface area contributed by atoms with Gasteiger partial charge in [-0.05, 0) is 47.5 Å². The molecule has 3 aromatic heterocycles. The normalized spacial score (nSPS) is 11.1. The lowest BCUT2D eigenvalue weighted by Gasteiger charge is -2.08. The van der Waals surface area contributed by atoms with E-state index in [2.05, 4.69) is 32.3 Å². The number of fused-ring (bicyclic) bond motifs is 1. The first-order valence-electron chi connectivity index (χ1n) is 15.4. The van der Waals surface area contributed by atoms with Gasteiger partial charge in [-0.15, -0.1) is 0 Å². The van der Waals surface area contributed by atoms with Crippen LogP contribution in [0.25, 0.3) is 23.1 Å². The Hall–Kier alpha value is -6.01. The van der Waals surface area contributed by atoms with E-state index < -0.39 is 5.91 Å². The molecule has 0 atom stereocenters. The maximum Gasteiger partial charge on any atom is 0.272 e. The van der Waals surface area contributed by atoms with E-state index in [0.717, 1.165) is 22.0 Å². The molecule has 5 aromatic rings. The van der Waals surface area contributed by atoms with E-state index in [0.29, 0.717) is 53.7 Å². The van der Waals surface area contributed by atoms with Gasteiger partial charge in [0.2, 0.25) is 0 Å². The zero-order valence-electron chi connectivity index (χ0n) is 27.0. The summed E-state index contributed by atoms with van der Waals surface area (Å²) >= 11 is 0. The summed E-state index contributed by atoms with van der Waals surface area (Å²) in [6.07, 6.45) is 9.43. The smallest absolute Gasteiger partial charge is 0.272 e. The number of amidine groups is 1. The second-order valence-electron chi connectivity index (χ2n) is 11.2. The van der Waals surface area contributed by atoms with E-state index in [9.17, 15) is 14.4 Å². The molecule has 0 unspecified atom stereocenters. The highest BCUT2D eigenvalue weighted by Gasteiger charge is 2.17. The molecule has 0 radical (unpaired) electrons. The van der Waals surface area contributed by atoms with Gasteiger partial charge >= 0.3 is 0 Å². The van der Waals surface area contributed by atoms with Gasteiger partial charge in [0.25, 0.3) is 17.7 Å². The van der Waals surface area contributed by atoms with Crippen molar-refractivity contribution in [3.63, 3.8) is 0 Å². The van der Waals surface area contributed by atoms with Crippen LogP contribution in [0.15, 0.2) is 85.3 Å². The fourth-order valence-corrected chi connectivity index (χ4v) is 5.02. The summed E-state index contributed by atoms with van der Waals surface area (Å²) in [5.41, 5.74) is 4.93. The SMILES string of the molecule is COCCNC(=N)CCNC(=O)c1cc(NC(=O)c2cc(NC(=O)c3ccc(/C=C/c4cnc5ccccc5c4)cc3)cn2C)cn1C. The molecule has 0 fully saturated rings. The van der Waals surface area contributed by atoms with Crippen LogP contribution in [0.5, 0.6) is 0 Å². The zero-order chi connectivity index (χ0) is 34.0. The van der Waals surface area contributed by atoms with Crippen LogP contribution >= 0.6 is 0 Å². The second kappa shape index (κ2) is 15.5. The monoisotopic (exact) mass is 646 g/mol. The van der Waals surface area contributed by atoms with Crippen molar-refractivity contribution in [2.75, 3.05) is 37.4 Å². The predicted octanol–water partition coefficient (Wildman–Crippen LogP) is 4.92. The summed E-state index contributed by atoms with van der Waals surface area (Å²) < 4.78 is 8.18. The molecule has 0 aliphatic heterocycles. The van der Waals surface area contributed by atoms with Gasteiger partial charge in [-0.2, -0.15) is 0 Å². The molecule has 0 bridgehead atoms. The molecule has 12 nitrogen and oxygen atoms in total. The maximum atomic E-state index is 13.1. The Morgan fingerprint density at radius 3 is 2.15 bits per heavy atom. The van der Waals surface area contributed by atoms with Crippen molar-refractivity contribution in [2.24, 2.45) is 14.1 Å². The van der Waals surface area contributed by atoms with Crippen molar-refractivity contribution >= 4 is 58.0 Å². The number of methoxy groups -OCH3 is 1. The van der Waals surface area contributed by atoms with Crippen LogP contribution in [-0.4, -0.2) is 64.5 Å². The number of pyridine rings is 1. The van der Waals surface area contributed by atoms with Crippen LogP contribution in [0.1, 0.15) is 48.9 Å². The molecule has 2 aromatic carbocycles. The van der Waals surface area contributed by atoms with E-state index in [1.165, 1.54) is 0 Å². The predicted molar refractivity (Wildman–Crippen MR) is 188 cm³/mol. The van der Waals surface area contributed by atoms with Gasteiger partial charge in [0, 0.05) is 70.3 Å². The number of aromatic nitrogens is 3. The summed E-state index contributed by atoms with van der Waals surface area (Å²) in [6.45, 7) is 1.30. The Balaban J connectivity index is 1.14. The van der Waals surface area contributed by atoms with E-state index in [-0.39, 0.29) is 18.4 Å². The molecular weight excluding hydrogens is 608 g/mol. The van der Waals surface area contributed by atoms with Crippen LogP contribution in [0.4, 0.5) is 11.4 Å². The minimum absolute atomic E-state index is 0.285. The summed E-state index contributed by atoms with van der Waals surface area (Å²) in [6, 6.07) is 20.4. The highest BCUT2D eigenvalue weighted by molar-refractivity contribution is 6.07. The zero-order valence-corrected chi connectivity index (χ0v) is 27.0. The number of carbonyl (C=O) groups is 3. The average Bonchev–Trinajstić information content (AvgIpc) is 3.64. The molecule has 3 amide bonds. The molecule has 0 spiro atoms. The number of hydrogen-bond donors (Lipinski definition) is 5. The van der Waals surface area contributed by atoms with Gasteiger partial charge in [-0.1, -0.05) is 42.5 Å². The Kier molecular flexibility index (Phi) is 10.8. The molecule has 48 heavy (non-hydrogen) atoms. The van der Waals surface area contributed by atoms with Gasteiger partial charge in [0.05, 0.1) is 29.3 Å². The number of rotatable bonds is 13. The van der Waals surface area contributed by atoms with Crippen LogP contribution in [0.3, 0.4) is 0 Å². The van der Waals surface area contributed by atoms with Crippen LogP contribution in [0, 0.1) is 5.41 Å². The van der Waals surface area contributed by atoms with Gasteiger partial charge in [0.1, 0.15) is 11.4 Å². The summed E-state index contributed by atoms with van der Waals surface area (Å²) in [5.74, 6) is -0.717. The first-order chi connectivity index (χ1) is 23.2. The molecule has 12 heteroatoms. The number of benzene rings is 2. The first-order valence-corrected chi connectivity index (χ1v) is 15.4. The topological polar surface area (TPSA) is 155 Å². The summed E-state index contributed by atoms with van der Waals surface area (Å²) in [5, 5.41) is 20.3. The molecule has 3 heterocycles. The number of para-hydroxylation sites is 1. The average molecular weight is 647 g/mol. The number of nitrogens with one attached hydrogen (secondary N) is 5. The van der Waals surface area contributed by atoms with Gasteiger partial charge < -0.3 is 35.1 Å². The Labute approximate surface area is 278 Å². The number of hydrogen-bond acceptors (Lipinski definition) is 6. The summed E-state index contributed by atoms with van der Waals surface area (Å²) in [4.78, 5) is 43.3. The maximum absolute atomic E-state index is 13.1. The van der Waals surface area contributed by atoms with Crippen LogP contribution < -0.4 is 21.3 Å². The molecule has 0 aliphatic rings. The Morgan fingerprint density at radius 2 is 1.44 bits per heavy atom. The fourth-order valence-electron chi connectivity index (χ4n) is 5.02. The first kappa shape index (κ1) is 33.4. The third-order valence-electron chi connectivity index (χ3n) is 7.55. The standard InChI is InChI=1S/C36H38N8O4/c1-43-23-29(19-31(43)35(46)39-15-14-33(37)38-16-17-48-3)42-36(47)32-20-28(22-44(32)2)41-34(45)26-12-10-24(11-13-26)8-9-25-18-27-6-4-5-7-30(27)40-21-25/h4-13,18-23H,14-17H2,1-3H3,(H2,37,38)(H,39,46)(H,41,45)(H,42,47)/b9-8+. The highest BCUT2D eigenvalue weighted by Crippen LogP contribution is 2.19. The number of carbonyl (C=O) groups excluding carboxylic acids is 3. The van der Waals surface area contributed by atoms with Gasteiger partial charge in [0.15, 0.2) is 0 Å². The second-order valence-corrected chi connectivity index (χ2v) is 11.2. The van der Waals surface area contributed by atoms with E-state index in [4.69, 9.17) is 10.1 Å². The van der Waals surface area contributed by atoms with Crippen molar-refractivity contribution in [3.05, 3.63) is 113 Å². The van der Waals surface area contributed by atoms with Crippen molar-refractivity contribution in [3.8, 4) is 0 Å². The van der Waals surface area contributed by atoms with E-state index in [1.807, 2.05) is 54.7 Å². The number of anilines is 2. The number of amides is 3. The largest absolute Gasteiger partial charge is 0.383 e. The molecule has 0 aliphatic carbocycles. The lowest BCUT2D eigenvalue weighted by atomic mass is 10.1.